The Morgan fingerprint density at radius 1 is 0.386 bits per heavy atom. The zero-order chi connectivity index (χ0) is 38.1. The number of hydrogen-bond donors (Lipinski definition) is 0. The predicted molar refractivity (Wildman–Crippen MR) is 241 cm³/mol. The average molecular weight is 729 g/mol. The Labute approximate surface area is 333 Å². The second-order valence-corrected chi connectivity index (χ2v) is 15.8. The zero-order valence-electron chi connectivity index (χ0n) is 32.0. The molecule has 270 valence electrons. The van der Waals surface area contributed by atoms with Crippen molar-refractivity contribution >= 4 is 49.6 Å². The molecule has 1 heterocycles. The van der Waals surface area contributed by atoms with Gasteiger partial charge in [0.25, 0.3) is 0 Å². The molecule has 57 heavy (non-hydrogen) atoms. The van der Waals surface area contributed by atoms with Gasteiger partial charge in [0.1, 0.15) is 0 Å². The van der Waals surface area contributed by atoms with Gasteiger partial charge in [-0.15, -0.1) is 0 Å². The molecule has 0 amide bonds. The summed E-state index contributed by atoms with van der Waals surface area (Å²) in [6.45, 7) is 4.71. The van der Waals surface area contributed by atoms with Crippen molar-refractivity contribution in [1.29, 1.82) is 0 Å². The minimum absolute atomic E-state index is 0.106. The van der Waals surface area contributed by atoms with Crippen LogP contribution in [0.15, 0.2) is 206 Å². The molecule has 0 radical (unpaired) electrons. The molecule has 1 aromatic heterocycles. The highest BCUT2D eigenvalue weighted by atomic mass is 15.1. The molecule has 0 saturated heterocycles. The van der Waals surface area contributed by atoms with E-state index in [-0.39, 0.29) is 5.41 Å². The molecule has 0 atom stereocenters. The van der Waals surface area contributed by atoms with E-state index >= 15 is 0 Å². The molecule has 2 nitrogen and oxygen atoms in total. The van der Waals surface area contributed by atoms with Gasteiger partial charge >= 0.3 is 0 Å². The van der Waals surface area contributed by atoms with E-state index in [4.69, 9.17) is 0 Å². The lowest BCUT2D eigenvalue weighted by Gasteiger charge is -2.28. The second kappa shape index (κ2) is 13.0. The summed E-state index contributed by atoms with van der Waals surface area (Å²) >= 11 is 0. The van der Waals surface area contributed by atoms with Crippen LogP contribution >= 0.6 is 0 Å². The smallest absolute Gasteiger partial charge is 0.0547 e. The molecule has 10 aromatic rings. The van der Waals surface area contributed by atoms with Crippen molar-refractivity contribution in [3.05, 3.63) is 217 Å². The largest absolute Gasteiger partial charge is 0.310 e. The molecule has 2 heteroatoms. The standard InChI is InChI=1S/C55H40N2/c1-55(2)50-23-12-11-22-47(50)48-31-30-45(36-51(48)55)56(43-28-24-38(25-29-43)37-14-5-3-6-15-37)44-20-13-17-40(34-44)41-27-32-52-49(35-41)54-46-21-10-9-16-39(46)26-33-53(54)57(52)42-18-7-4-8-19-42/h3-36H,1-2H3. The number of benzene rings is 9. The van der Waals surface area contributed by atoms with E-state index in [9.17, 15) is 0 Å². The van der Waals surface area contributed by atoms with E-state index in [0.29, 0.717) is 0 Å². The highest BCUT2D eigenvalue weighted by molar-refractivity contribution is 6.22. The minimum atomic E-state index is -0.106. The Balaban J connectivity index is 1.08. The molecular formula is C55H40N2. The first-order valence-electron chi connectivity index (χ1n) is 19.8. The topological polar surface area (TPSA) is 8.17 Å². The maximum Gasteiger partial charge on any atom is 0.0547 e. The Morgan fingerprint density at radius 2 is 1.00 bits per heavy atom. The van der Waals surface area contributed by atoms with Crippen LogP contribution in [0.5, 0.6) is 0 Å². The third-order valence-corrected chi connectivity index (χ3v) is 12.2. The molecule has 0 aliphatic heterocycles. The van der Waals surface area contributed by atoms with Crippen LogP contribution in [0, 0.1) is 0 Å². The van der Waals surface area contributed by atoms with Gasteiger partial charge in [-0.1, -0.05) is 153 Å². The summed E-state index contributed by atoms with van der Waals surface area (Å²) in [6, 6.07) is 75.6. The Kier molecular flexibility index (Phi) is 7.55. The van der Waals surface area contributed by atoms with Crippen LogP contribution in [0.1, 0.15) is 25.0 Å². The normalized spacial score (nSPS) is 12.9. The quantitative estimate of drug-likeness (QED) is 0.165. The predicted octanol–water partition coefficient (Wildman–Crippen LogP) is 15.0. The van der Waals surface area contributed by atoms with Crippen LogP contribution in [-0.2, 0) is 5.41 Å². The molecule has 1 aliphatic carbocycles. The molecule has 0 fully saturated rings. The van der Waals surface area contributed by atoms with E-state index in [1.165, 1.54) is 77.1 Å². The Morgan fingerprint density at radius 3 is 1.84 bits per heavy atom. The SMILES string of the molecule is CC1(C)c2ccccc2-c2ccc(N(c3ccc(-c4ccccc4)cc3)c3cccc(-c4ccc5c(c4)c4c6ccccc6ccc4n5-c4ccccc4)c3)cc21. The van der Waals surface area contributed by atoms with Gasteiger partial charge < -0.3 is 9.47 Å². The first-order valence-corrected chi connectivity index (χ1v) is 19.8. The molecule has 0 spiro atoms. The fourth-order valence-corrected chi connectivity index (χ4v) is 9.36. The Hall–Kier alpha value is -7.16. The minimum Gasteiger partial charge on any atom is -0.310 e. The summed E-state index contributed by atoms with van der Waals surface area (Å²) in [5, 5.41) is 5.06. The van der Waals surface area contributed by atoms with E-state index in [2.05, 4.69) is 230 Å². The summed E-state index contributed by atoms with van der Waals surface area (Å²) in [7, 11) is 0. The second-order valence-electron chi connectivity index (χ2n) is 15.8. The number of aromatic nitrogens is 1. The van der Waals surface area contributed by atoms with Crippen molar-refractivity contribution in [2.45, 2.75) is 19.3 Å². The van der Waals surface area contributed by atoms with Crippen LogP contribution in [0.3, 0.4) is 0 Å². The molecule has 1 aliphatic rings. The fraction of sp³-hybridized carbons (Fsp3) is 0.0545. The molecule has 0 N–H and O–H groups in total. The van der Waals surface area contributed by atoms with Gasteiger partial charge in [0.2, 0.25) is 0 Å². The first-order chi connectivity index (χ1) is 28.0. The van der Waals surface area contributed by atoms with Gasteiger partial charge in [-0.25, -0.2) is 0 Å². The van der Waals surface area contributed by atoms with Crippen LogP contribution in [0.2, 0.25) is 0 Å². The Bertz CT molecular complexity index is 3130. The van der Waals surface area contributed by atoms with Crippen molar-refractivity contribution in [1.82, 2.24) is 4.57 Å². The molecule has 11 rings (SSSR count). The third kappa shape index (κ3) is 5.33. The van der Waals surface area contributed by atoms with Crippen LogP contribution in [0.25, 0.3) is 71.6 Å². The molecule has 0 saturated carbocycles. The number of anilines is 3. The first kappa shape index (κ1) is 33.2. The lowest BCUT2D eigenvalue weighted by Crippen LogP contribution is -2.16. The van der Waals surface area contributed by atoms with E-state index < -0.39 is 0 Å². The number of hydrogen-bond acceptors (Lipinski definition) is 1. The van der Waals surface area contributed by atoms with Crippen LogP contribution in [-0.4, -0.2) is 4.57 Å². The van der Waals surface area contributed by atoms with Gasteiger partial charge in [0.05, 0.1) is 11.0 Å². The van der Waals surface area contributed by atoms with Gasteiger partial charge in [-0.05, 0) is 122 Å². The van der Waals surface area contributed by atoms with Crippen molar-refractivity contribution in [2.24, 2.45) is 0 Å². The molecular weight excluding hydrogens is 689 g/mol. The van der Waals surface area contributed by atoms with Crippen molar-refractivity contribution in [3.8, 4) is 39.1 Å². The lowest BCUT2D eigenvalue weighted by atomic mass is 9.82. The highest BCUT2D eigenvalue weighted by Gasteiger charge is 2.35. The average Bonchev–Trinajstić information content (AvgIpc) is 3.73. The maximum absolute atomic E-state index is 2.42. The summed E-state index contributed by atoms with van der Waals surface area (Å²) in [4.78, 5) is 2.42. The van der Waals surface area contributed by atoms with Crippen LogP contribution < -0.4 is 4.90 Å². The van der Waals surface area contributed by atoms with Gasteiger partial charge in [-0.3, -0.25) is 0 Å². The fourth-order valence-electron chi connectivity index (χ4n) is 9.36. The summed E-state index contributed by atoms with van der Waals surface area (Å²) < 4.78 is 2.41. The van der Waals surface area contributed by atoms with Gasteiger partial charge in [0.15, 0.2) is 0 Å². The highest BCUT2D eigenvalue weighted by Crippen LogP contribution is 2.51. The van der Waals surface area contributed by atoms with E-state index in [1.54, 1.807) is 0 Å². The van der Waals surface area contributed by atoms with E-state index in [0.717, 1.165) is 22.7 Å². The maximum atomic E-state index is 2.42. The number of fused-ring (bicyclic) bond motifs is 8. The summed E-state index contributed by atoms with van der Waals surface area (Å²) in [5.41, 5.74) is 17.0. The molecule has 0 bridgehead atoms. The third-order valence-electron chi connectivity index (χ3n) is 12.2. The monoisotopic (exact) mass is 728 g/mol. The summed E-state index contributed by atoms with van der Waals surface area (Å²) in [6.07, 6.45) is 0. The summed E-state index contributed by atoms with van der Waals surface area (Å²) in [5.74, 6) is 0. The number of para-hydroxylation sites is 1. The van der Waals surface area contributed by atoms with Gasteiger partial charge in [-0.2, -0.15) is 0 Å². The van der Waals surface area contributed by atoms with Crippen molar-refractivity contribution < 1.29 is 0 Å². The zero-order valence-corrected chi connectivity index (χ0v) is 32.0. The van der Waals surface area contributed by atoms with Crippen molar-refractivity contribution in [2.75, 3.05) is 4.90 Å². The van der Waals surface area contributed by atoms with Gasteiger partial charge in [0, 0.05) is 38.9 Å². The molecule has 9 aromatic carbocycles. The number of nitrogens with zero attached hydrogens (tertiary/aromatic N) is 2. The molecule has 0 unspecified atom stereocenters. The van der Waals surface area contributed by atoms with Crippen molar-refractivity contribution in [3.63, 3.8) is 0 Å². The lowest BCUT2D eigenvalue weighted by molar-refractivity contribution is 0.660. The number of rotatable bonds is 6. The van der Waals surface area contributed by atoms with Crippen LogP contribution in [0.4, 0.5) is 17.1 Å². The van der Waals surface area contributed by atoms with E-state index in [1.807, 2.05) is 0 Å².